The zero-order chi connectivity index (χ0) is 10.1. The van der Waals surface area contributed by atoms with Gasteiger partial charge in [0.1, 0.15) is 0 Å². The minimum Gasteiger partial charge on any atom is -0.193 e. The zero-order valence-electron chi connectivity index (χ0n) is 8.89. The monoisotopic (exact) mass is 175 g/mol. The SMILES string of the molecule is CC1CC(C#N)=CC=C1C(C)(C)C. The van der Waals surface area contributed by atoms with E-state index in [9.17, 15) is 0 Å². The molecule has 1 heteroatoms. The van der Waals surface area contributed by atoms with Gasteiger partial charge in [-0.25, -0.2) is 0 Å². The largest absolute Gasteiger partial charge is 0.193 e. The Kier molecular flexibility index (Phi) is 2.61. The summed E-state index contributed by atoms with van der Waals surface area (Å²) >= 11 is 0. The number of nitrogens with zero attached hydrogens (tertiary/aromatic N) is 1. The average molecular weight is 175 g/mol. The zero-order valence-corrected chi connectivity index (χ0v) is 8.89. The van der Waals surface area contributed by atoms with Crippen molar-refractivity contribution in [1.82, 2.24) is 0 Å². The quantitative estimate of drug-likeness (QED) is 0.553. The Labute approximate surface area is 80.8 Å². The molecule has 1 unspecified atom stereocenters. The Morgan fingerprint density at radius 3 is 2.38 bits per heavy atom. The summed E-state index contributed by atoms with van der Waals surface area (Å²) in [6.07, 6.45) is 4.98. The van der Waals surface area contributed by atoms with Gasteiger partial charge in [0.15, 0.2) is 0 Å². The Hall–Kier alpha value is -1.03. The van der Waals surface area contributed by atoms with E-state index in [4.69, 9.17) is 5.26 Å². The lowest BCUT2D eigenvalue weighted by Gasteiger charge is -2.30. The summed E-state index contributed by atoms with van der Waals surface area (Å²) in [6, 6.07) is 2.22. The highest BCUT2D eigenvalue weighted by atomic mass is 14.3. The van der Waals surface area contributed by atoms with Crippen molar-refractivity contribution in [1.29, 1.82) is 5.26 Å². The van der Waals surface area contributed by atoms with E-state index >= 15 is 0 Å². The first kappa shape index (κ1) is 10.1. The molecule has 0 aromatic rings. The second-order valence-electron chi connectivity index (χ2n) is 4.78. The summed E-state index contributed by atoms with van der Waals surface area (Å²) in [6.45, 7) is 8.86. The normalized spacial score (nSPS) is 23.2. The highest BCUT2D eigenvalue weighted by Crippen LogP contribution is 2.36. The van der Waals surface area contributed by atoms with E-state index in [-0.39, 0.29) is 5.41 Å². The molecule has 0 bridgehead atoms. The molecule has 0 saturated carbocycles. The average Bonchev–Trinajstić information content (AvgIpc) is 2.01. The van der Waals surface area contributed by atoms with Gasteiger partial charge in [-0.05, 0) is 23.8 Å². The van der Waals surface area contributed by atoms with Gasteiger partial charge in [-0.3, -0.25) is 0 Å². The van der Waals surface area contributed by atoms with E-state index in [0.29, 0.717) is 5.92 Å². The third-order valence-corrected chi connectivity index (χ3v) is 2.53. The molecule has 1 nitrogen and oxygen atoms in total. The molecule has 1 atom stereocenters. The van der Waals surface area contributed by atoms with Crippen molar-refractivity contribution in [2.24, 2.45) is 11.3 Å². The highest BCUT2D eigenvalue weighted by molar-refractivity contribution is 5.35. The minimum atomic E-state index is 0.233. The van der Waals surface area contributed by atoms with Crippen LogP contribution in [0.4, 0.5) is 0 Å². The van der Waals surface area contributed by atoms with E-state index in [2.05, 4.69) is 39.8 Å². The van der Waals surface area contributed by atoms with Gasteiger partial charge < -0.3 is 0 Å². The van der Waals surface area contributed by atoms with Crippen molar-refractivity contribution in [2.75, 3.05) is 0 Å². The summed E-state index contributed by atoms with van der Waals surface area (Å²) in [5.41, 5.74) is 2.59. The van der Waals surface area contributed by atoms with Crippen LogP contribution in [-0.2, 0) is 0 Å². The lowest BCUT2D eigenvalue weighted by molar-refractivity contribution is 0.431. The first-order valence-corrected chi connectivity index (χ1v) is 4.76. The molecule has 0 aliphatic heterocycles. The molecule has 1 aliphatic carbocycles. The van der Waals surface area contributed by atoms with Gasteiger partial charge in [0, 0.05) is 5.57 Å². The third-order valence-electron chi connectivity index (χ3n) is 2.53. The fraction of sp³-hybridized carbons (Fsp3) is 0.583. The van der Waals surface area contributed by atoms with E-state index < -0.39 is 0 Å². The van der Waals surface area contributed by atoms with Crippen LogP contribution in [0.2, 0.25) is 0 Å². The maximum atomic E-state index is 8.75. The van der Waals surface area contributed by atoms with Gasteiger partial charge in [0.25, 0.3) is 0 Å². The van der Waals surface area contributed by atoms with Crippen molar-refractivity contribution in [3.05, 3.63) is 23.3 Å². The number of rotatable bonds is 0. The molecule has 0 fully saturated rings. The number of nitriles is 1. The summed E-state index contributed by atoms with van der Waals surface area (Å²) in [4.78, 5) is 0. The molecule has 0 N–H and O–H groups in total. The van der Waals surface area contributed by atoms with Gasteiger partial charge in [0.05, 0.1) is 6.07 Å². The first-order valence-electron chi connectivity index (χ1n) is 4.76. The van der Waals surface area contributed by atoms with Gasteiger partial charge in [0.2, 0.25) is 0 Å². The second-order valence-corrected chi connectivity index (χ2v) is 4.78. The number of hydrogen-bond acceptors (Lipinski definition) is 1. The van der Waals surface area contributed by atoms with Gasteiger partial charge in [-0.1, -0.05) is 39.3 Å². The summed E-state index contributed by atoms with van der Waals surface area (Å²) < 4.78 is 0. The molecular formula is C12H17N. The Morgan fingerprint density at radius 2 is 2.00 bits per heavy atom. The molecule has 70 valence electrons. The molecule has 1 aliphatic rings. The molecule has 13 heavy (non-hydrogen) atoms. The number of allylic oxidation sites excluding steroid dienone is 4. The van der Waals surface area contributed by atoms with Crippen LogP contribution in [-0.4, -0.2) is 0 Å². The van der Waals surface area contributed by atoms with Crippen molar-refractivity contribution in [3.8, 4) is 6.07 Å². The van der Waals surface area contributed by atoms with Crippen LogP contribution in [0.1, 0.15) is 34.1 Å². The standard InChI is InChI=1S/C12H17N/c1-9-7-10(8-13)5-6-11(9)12(2,3)4/h5-6,9H,7H2,1-4H3. The maximum absolute atomic E-state index is 8.75. The number of hydrogen-bond donors (Lipinski definition) is 0. The van der Waals surface area contributed by atoms with Crippen molar-refractivity contribution < 1.29 is 0 Å². The second kappa shape index (κ2) is 3.38. The van der Waals surface area contributed by atoms with Crippen molar-refractivity contribution in [2.45, 2.75) is 34.1 Å². The van der Waals surface area contributed by atoms with Crippen LogP contribution < -0.4 is 0 Å². The molecule has 0 heterocycles. The molecule has 0 spiro atoms. The van der Waals surface area contributed by atoms with Crippen LogP contribution in [0.5, 0.6) is 0 Å². The Bertz CT molecular complexity index is 294. The molecule has 0 amide bonds. The van der Waals surface area contributed by atoms with Crippen molar-refractivity contribution >= 4 is 0 Å². The lowest BCUT2D eigenvalue weighted by Crippen LogP contribution is -2.18. The van der Waals surface area contributed by atoms with Crippen LogP contribution in [0.3, 0.4) is 0 Å². The van der Waals surface area contributed by atoms with E-state index in [1.54, 1.807) is 0 Å². The summed E-state index contributed by atoms with van der Waals surface area (Å²) in [7, 11) is 0. The molecule has 1 rings (SSSR count). The fourth-order valence-corrected chi connectivity index (χ4v) is 1.93. The van der Waals surface area contributed by atoms with Crippen LogP contribution in [0, 0.1) is 22.7 Å². The maximum Gasteiger partial charge on any atom is 0.0947 e. The van der Waals surface area contributed by atoms with Crippen LogP contribution in [0.25, 0.3) is 0 Å². The van der Waals surface area contributed by atoms with E-state index in [0.717, 1.165) is 12.0 Å². The Morgan fingerprint density at radius 1 is 1.38 bits per heavy atom. The van der Waals surface area contributed by atoms with Crippen LogP contribution in [0.15, 0.2) is 23.3 Å². The highest BCUT2D eigenvalue weighted by Gasteiger charge is 2.24. The van der Waals surface area contributed by atoms with E-state index in [1.165, 1.54) is 5.57 Å². The van der Waals surface area contributed by atoms with E-state index in [1.807, 2.05) is 6.08 Å². The lowest BCUT2D eigenvalue weighted by atomic mass is 9.75. The predicted molar refractivity (Wildman–Crippen MR) is 55.0 cm³/mol. The fourth-order valence-electron chi connectivity index (χ4n) is 1.93. The summed E-state index contributed by atoms with van der Waals surface area (Å²) in [5, 5.41) is 8.75. The molecule has 0 aromatic carbocycles. The van der Waals surface area contributed by atoms with Crippen molar-refractivity contribution in [3.63, 3.8) is 0 Å². The molecule has 0 saturated heterocycles. The Balaban J connectivity index is 2.96. The minimum absolute atomic E-state index is 0.233. The first-order chi connectivity index (χ1) is 5.95. The molecular weight excluding hydrogens is 158 g/mol. The predicted octanol–water partition coefficient (Wildman–Crippen LogP) is 3.45. The third kappa shape index (κ3) is 2.21. The van der Waals surface area contributed by atoms with Crippen LogP contribution >= 0.6 is 0 Å². The topological polar surface area (TPSA) is 23.8 Å². The molecule has 0 aromatic heterocycles. The van der Waals surface area contributed by atoms with Gasteiger partial charge >= 0.3 is 0 Å². The van der Waals surface area contributed by atoms with Gasteiger partial charge in [-0.15, -0.1) is 0 Å². The molecule has 0 radical (unpaired) electrons. The smallest absolute Gasteiger partial charge is 0.0947 e. The van der Waals surface area contributed by atoms with Gasteiger partial charge in [-0.2, -0.15) is 5.26 Å². The summed E-state index contributed by atoms with van der Waals surface area (Å²) in [5.74, 6) is 0.514.